The summed E-state index contributed by atoms with van der Waals surface area (Å²) in [5, 5.41) is 9.46. The lowest BCUT2D eigenvalue weighted by atomic mass is 10.3. The van der Waals surface area contributed by atoms with Crippen LogP contribution in [0.5, 0.6) is 0 Å². The molecule has 98 valence electrons. The van der Waals surface area contributed by atoms with Crippen LogP contribution in [-0.4, -0.2) is 48.2 Å². The normalized spacial score (nSPS) is 20.0. The van der Waals surface area contributed by atoms with Gasteiger partial charge in [-0.3, -0.25) is 9.69 Å². The zero-order chi connectivity index (χ0) is 13.0. The number of para-hydroxylation sites is 1. The Morgan fingerprint density at radius 2 is 2.17 bits per heavy atom. The highest BCUT2D eigenvalue weighted by Gasteiger charge is 2.24. The second-order valence-corrected chi connectivity index (χ2v) is 4.65. The molecule has 4 nitrogen and oxygen atoms in total. The van der Waals surface area contributed by atoms with E-state index < -0.39 is 0 Å². The molecule has 1 saturated heterocycles. The van der Waals surface area contributed by atoms with Crippen molar-refractivity contribution in [2.24, 2.45) is 0 Å². The maximum Gasteiger partial charge on any atom is 0.241 e. The average molecular weight is 248 g/mol. The van der Waals surface area contributed by atoms with Gasteiger partial charge in [-0.05, 0) is 25.5 Å². The van der Waals surface area contributed by atoms with Gasteiger partial charge >= 0.3 is 0 Å². The number of anilines is 1. The predicted molar refractivity (Wildman–Crippen MR) is 71.5 cm³/mol. The summed E-state index contributed by atoms with van der Waals surface area (Å²) in [6.45, 7) is 4.44. The van der Waals surface area contributed by atoms with Gasteiger partial charge < -0.3 is 10.0 Å². The van der Waals surface area contributed by atoms with E-state index in [2.05, 4.69) is 0 Å². The van der Waals surface area contributed by atoms with Gasteiger partial charge in [-0.25, -0.2) is 0 Å². The number of likely N-dealkylation sites (tertiary alicyclic amines) is 1. The van der Waals surface area contributed by atoms with Gasteiger partial charge in [0.05, 0.1) is 12.6 Å². The molecule has 1 aromatic carbocycles. The lowest BCUT2D eigenvalue weighted by molar-refractivity contribution is -0.119. The highest BCUT2D eigenvalue weighted by molar-refractivity contribution is 5.94. The van der Waals surface area contributed by atoms with Crippen LogP contribution < -0.4 is 4.90 Å². The summed E-state index contributed by atoms with van der Waals surface area (Å²) in [4.78, 5) is 16.0. The first-order chi connectivity index (χ1) is 8.70. The number of β-amino-alcohol motifs (C(OH)–C–C–N with tert-alkyl or cyclic N) is 1. The molecule has 0 aliphatic carbocycles. The summed E-state index contributed by atoms with van der Waals surface area (Å²) in [5.41, 5.74) is 0.935. The second-order valence-electron chi connectivity index (χ2n) is 4.65. The Morgan fingerprint density at radius 3 is 2.72 bits per heavy atom. The van der Waals surface area contributed by atoms with E-state index in [0.29, 0.717) is 19.6 Å². The molecule has 18 heavy (non-hydrogen) atoms. The fraction of sp³-hybridized carbons (Fsp3) is 0.500. The number of amides is 1. The molecule has 1 aliphatic rings. The van der Waals surface area contributed by atoms with E-state index in [0.717, 1.165) is 18.7 Å². The molecule has 0 bridgehead atoms. The molecule has 2 rings (SSSR count). The number of aliphatic hydroxyl groups is 1. The molecule has 1 unspecified atom stereocenters. The number of likely N-dealkylation sites (N-methyl/N-ethyl adjacent to an activating group) is 1. The predicted octanol–water partition coefficient (Wildman–Crippen LogP) is 1.11. The van der Waals surface area contributed by atoms with E-state index in [1.165, 1.54) is 0 Å². The van der Waals surface area contributed by atoms with Gasteiger partial charge in [-0.1, -0.05) is 18.2 Å². The molecule has 1 amide bonds. The van der Waals surface area contributed by atoms with Crippen LogP contribution in [0.15, 0.2) is 30.3 Å². The summed E-state index contributed by atoms with van der Waals surface area (Å²) < 4.78 is 0. The van der Waals surface area contributed by atoms with Crippen molar-refractivity contribution >= 4 is 11.6 Å². The van der Waals surface area contributed by atoms with E-state index in [1.807, 2.05) is 42.2 Å². The Morgan fingerprint density at radius 1 is 1.44 bits per heavy atom. The number of aliphatic hydroxyl groups excluding tert-OH is 1. The van der Waals surface area contributed by atoms with Crippen LogP contribution in [-0.2, 0) is 4.79 Å². The SMILES string of the molecule is CCN(C(=O)CN1CCC(O)C1)c1ccccc1. The van der Waals surface area contributed by atoms with E-state index >= 15 is 0 Å². The van der Waals surface area contributed by atoms with Gasteiger partial charge in [-0.15, -0.1) is 0 Å². The number of nitrogens with zero attached hydrogens (tertiary/aromatic N) is 2. The fourth-order valence-electron chi connectivity index (χ4n) is 2.34. The van der Waals surface area contributed by atoms with E-state index in [4.69, 9.17) is 0 Å². The Labute approximate surface area is 108 Å². The number of hydrogen-bond donors (Lipinski definition) is 1. The van der Waals surface area contributed by atoms with Crippen LogP contribution in [0.1, 0.15) is 13.3 Å². The first-order valence-corrected chi connectivity index (χ1v) is 6.46. The lowest BCUT2D eigenvalue weighted by Crippen LogP contribution is -2.39. The summed E-state index contributed by atoms with van der Waals surface area (Å²) in [6.07, 6.45) is 0.495. The van der Waals surface area contributed by atoms with Crippen LogP contribution in [0.3, 0.4) is 0 Å². The number of carbonyl (C=O) groups is 1. The molecular formula is C14H20N2O2. The number of hydrogen-bond acceptors (Lipinski definition) is 3. The van der Waals surface area contributed by atoms with Crippen molar-refractivity contribution in [2.75, 3.05) is 31.1 Å². The van der Waals surface area contributed by atoms with Crippen LogP contribution in [0.25, 0.3) is 0 Å². The zero-order valence-corrected chi connectivity index (χ0v) is 10.7. The smallest absolute Gasteiger partial charge is 0.241 e. The van der Waals surface area contributed by atoms with Crippen LogP contribution in [0, 0.1) is 0 Å². The maximum atomic E-state index is 12.2. The van der Waals surface area contributed by atoms with E-state index in [9.17, 15) is 9.90 Å². The second kappa shape index (κ2) is 5.98. The number of carbonyl (C=O) groups excluding carboxylic acids is 1. The Hall–Kier alpha value is -1.39. The minimum atomic E-state index is -0.274. The third kappa shape index (κ3) is 3.09. The highest BCUT2D eigenvalue weighted by Crippen LogP contribution is 2.15. The minimum Gasteiger partial charge on any atom is -0.392 e. The first-order valence-electron chi connectivity index (χ1n) is 6.46. The van der Waals surface area contributed by atoms with Gasteiger partial charge in [-0.2, -0.15) is 0 Å². The van der Waals surface area contributed by atoms with Crippen LogP contribution >= 0.6 is 0 Å². The molecule has 4 heteroatoms. The molecule has 1 fully saturated rings. The number of benzene rings is 1. The molecule has 0 aromatic heterocycles. The summed E-state index contributed by atoms with van der Waals surface area (Å²) in [5.74, 6) is 0.0952. The lowest BCUT2D eigenvalue weighted by Gasteiger charge is -2.24. The molecule has 1 aliphatic heterocycles. The highest BCUT2D eigenvalue weighted by atomic mass is 16.3. The molecule has 0 spiro atoms. The molecule has 0 saturated carbocycles. The van der Waals surface area contributed by atoms with Crippen LogP contribution in [0.4, 0.5) is 5.69 Å². The van der Waals surface area contributed by atoms with E-state index in [-0.39, 0.29) is 12.0 Å². The molecular weight excluding hydrogens is 228 g/mol. The van der Waals surface area contributed by atoms with Crippen LogP contribution in [0.2, 0.25) is 0 Å². The van der Waals surface area contributed by atoms with Crippen molar-refractivity contribution in [3.63, 3.8) is 0 Å². The summed E-state index contributed by atoms with van der Waals surface area (Å²) >= 11 is 0. The molecule has 1 atom stereocenters. The Bertz CT molecular complexity index is 394. The quantitative estimate of drug-likeness (QED) is 0.868. The van der Waals surface area contributed by atoms with Gasteiger partial charge in [0.25, 0.3) is 0 Å². The monoisotopic (exact) mass is 248 g/mol. The van der Waals surface area contributed by atoms with Gasteiger partial charge in [0, 0.05) is 25.3 Å². The molecule has 1 aromatic rings. The van der Waals surface area contributed by atoms with Crippen molar-refractivity contribution in [3.05, 3.63) is 30.3 Å². The summed E-state index contributed by atoms with van der Waals surface area (Å²) in [7, 11) is 0. The third-order valence-electron chi connectivity index (χ3n) is 3.29. The van der Waals surface area contributed by atoms with Crippen molar-refractivity contribution in [2.45, 2.75) is 19.4 Å². The maximum absolute atomic E-state index is 12.2. The fourth-order valence-corrected chi connectivity index (χ4v) is 2.34. The zero-order valence-electron chi connectivity index (χ0n) is 10.7. The van der Waals surface area contributed by atoms with Crippen molar-refractivity contribution in [1.82, 2.24) is 4.90 Å². The number of rotatable bonds is 4. The van der Waals surface area contributed by atoms with Crippen molar-refractivity contribution < 1.29 is 9.90 Å². The Balaban J connectivity index is 1.98. The molecule has 0 radical (unpaired) electrons. The first kappa shape index (κ1) is 13.1. The summed E-state index contributed by atoms with van der Waals surface area (Å²) in [6, 6.07) is 9.70. The minimum absolute atomic E-state index is 0.0952. The Kier molecular flexibility index (Phi) is 4.33. The van der Waals surface area contributed by atoms with E-state index in [1.54, 1.807) is 4.90 Å². The topological polar surface area (TPSA) is 43.8 Å². The van der Waals surface area contributed by atoms with Gasteiger partial charge in [0.2, 0.25) is 5.91 Å². The molecule has 1 heterocycles. The van der Waals surface area contributed by atoms with Crippen molar-refractivity contribution in [1.29, 1.82) is 0 Å². The van der Waals surface area contributed by atoms with Crippen molar-refractivity contribution in [3.8, 4) is 0 Å². The standard InChI is InChI=1S/C14H20N2O2/c1-2-16(12-6-4-3-5-7-12)14(18)11-15-9-8-13(17)10-15/h3-7,13,17H,2,8-11H2,1H3. The molecule has 1 N–H and O–H groups in total. The third-order valence-corrected chi connectivity index (χ3v) is 3.29. The van der Waals surface area contributed by atoms with Gasteiger partial charge in [0.1, 0.15) is 0 Å². The largest absolute Gasteiger partial charge is 0.392 e. The average Bonchev–Trinajstić information content (AvgIpc) is 2.77. The van der Waals surface area contributed by atoms with Gasteiger partial charge in [0.15, 0.2) is 0 Å².